The van der Waals surface area contributed by atoms with Crippen molar-refractivity contribution in [3.8, 4) is 0 Å². The molecule has 0 amide bonds. The molecular formula is C9H8ClN3. The third-order valence-electron chi connectivity index (χ3n) is 1.98. The Bertz CT molecular complexity index is 398. The maximum Gasteiger partial charge on any atom is 0.204 e. The van der Waals surface area contributed by atoms with Crippen LogP contribution in [0.3, 0.4) is 0 Å². The van der Waals surface area contributed by atoms with Crippen molar-refractivity contribution in [3.63, 3.8) is 0 Å². The molecule has 0 radical (unpaired) electrons. The second kappa shape index (κ2) is 2.85. The van der Waals surface area contributed by atoms with E-state index in [1.54, 1.807) is 11.1 Å². The largest absolute Gasteiger partial charge is 0.320 e. The van der Waals surface area contributed by atoms with Crippen LogP contribution in [0.4, 0.5) is 5.82 Å². The van der Waals surface area contributed by atoms with Crippen LogP contribution in [0.1, 0.15) is 5.56 Å². The van der Waals surface area contributed by atoms with Crippen molar-refractivity contribution in [3.05, 3.63) is 30.5 Å². The number of rotatable bonds is 0. The summed E-state index contributed by atoms with van der Waals surface area (Å²) in [6, 6.07) is 3.78. The van der Waals surface area contributed by atoms with Crippen LogP contribution < -0.4 is 0 Å². The Morgan fingerprint density at radius 3 is 3.08 bits per heavy atom. The average molecular weight is 194 g/mol. The van der Waals surface area contributed by atoms with Gasteiger partial charge in [-0.1, -0.05) is 6.58 Å². The van der Waals surface area contributed by atoms with Gasteiger partial charge in [0.25, 0.3) is 0 Å². The number of halogens is 1. The molecule has 0 spiro atoms. The molecule has 13 heavy (non-hydrogen) atoms. The van der Waals surface area contributed by atoms with Crippen molar-refractivity contribution in [1.82, 2.24) is 9.88 Å². The Kier molecular flexibility index (Phi) is 1.81. The minimum atomic E-state index is 0.399. The summed E-state index contributed by atoms with van der Waals surface area (Å²) in [5.74, 6) is 0.635. The third kappa shape index (κ3) is 1.21. The van der Waals surface area contributed by atoms with Crippen LogP contribution in [0.25, 0.3) is 5.70 Å². The van der Waals surface area contributed by atoms with Crippen molar-refractivity contribution in [2.45, 2.75) is 0 Å². The lowest BCUT2D eigenvalue weighted by Crippen LogP contribution is -2.23. The Morgan fingerprint density at radius 2 is 2.31 bits per heavy atom. The Morgan fingerprint density at radius 1 is 1.54 bits per heavy atom. The molecule has 0 fully saturated rings. The van der Waals surface area contributed by atoms with Gasteiger partial charge in [0, 0.05) is 24.5 Å². The molecule has 0 aromatic carbocycles. The molecule has 0 saturated heterocycles. The summed E-state index contributed by atoms with van der Waals surface area (Å²) in [7, 11) is 1.82. The normalized spacial score (nSPS) is 15.4. The van der Waals surface area contributed by atoms with Crippen LogP contribution in [-0.2, 0) is 0 Å². The molecule has 1 aliphatic heterocycles. The van der Waals surface area contributed by atoms with Crippen molar-refractivity contribution < 1.29 is 0 Å². The average Bonchev–Trinajstić information content (AvgIpc) is 2.15. The highest BCUT2D eigenvalue weighted by Gasteiger charge is 2.18. The van der Waals surface area contributed by atoms with Gasteiger partial charge in [0.2, 0.25) is 5.29 Å². The molecule has 0 bridgehead atoms. The Balaban J connectivity index is 2.63. The molecule has 0 aliphatic carbocycles. The van der Waals surface area contributed by atoms with E-state index in [-0.39, 0.29) is 0 Å². The van der Waals surface area contributed by atoms with E-state index in [4.69, 9.17) is 11.6 Å². The maximum absolute atomic E-state index is 5.86. The topological polar surface area (TPSA) is 28.5 Å². The Labute approximate surface area is 81.4 Å². The smallest absolute Gasteiger partial charge is 0.204 e. The number of hydrogen-bond donors (Lipinski definition) is 0. The molecule has 0 N–H and O–H groups in total. The predicted molar refractivity (Wildman–Crippen MR) is 54.0 cm³/mol. The molecule has 1 aliphatic rings. The lowest BCUT2D eigenvalue weighted by Gasteiger charge is -2.24. The zero-order chi connectivity index (χ0) is 9.42. The van der Waals surface area contributed by atoms with Crippen molar-refractivity contribution >= 4 is 28.4 Å². The van der Waals surface area contributed by atoms with Crippen molar-refractivity contribution in [2.75, 3.05) is 7.05 Å². The number of fused-ring (bicyclic) bond motifs is 1. The van der Waals surface area contributed by atoms with Gasteiger partial charge in [-0.3, -0.25) is 0 Å². The lowest BCUT2D eigenvalue weighted by molar-refractivity contribution is 0.724. The van der Waals surface area contributed by atoms with E-state index in [9.17, 15) is 0 Å². The van der Waals surface area contributed by atoms with E-state index < -0.39 is 0 Å². The van der Waals surface area contributed by atoms with Crippen molar-refractivity contribution in [1.29, 1.82) is 0 Å². The van der Waals surface area contributed by atoms with E-state index in [2.05, 4.69) is 16.6 Å². The minimum absolute atomic E-state index is 0.399. The van der Waals surface area contributed by atoms with Gasteiger partial charge in [0.05, 0.1) is 0 Å². The highest BCUT2D eigenvalue weighted by atomic mass is 35.5. The molecule has 3 nitrogen and oxygen atoms in total. The number of hydrogen-bond acceptors (Lipinski definition) is 3. The second-order valence-electron chi connectivity index (χ2n) is 2.76. The quantitative estimate of drug-likeness (QED) is 0.591. The van der Waals surface area contributed by atoms with Crippen LogP contribution in [0, 0.1) is 0 Å². The molecule has 0 saturated carbocycles. The van der Waals surface area contributed by atoms with Crippen LogP contribution in [0.15, 0.2) is 29.9 Å². The van der Waals surface area contributed by atoms with E-state index in [0.717, 1.165) is 11.3 Å². The van der Waals surface area contributed by atoms with E-state index in [1.165, 1.54) is 0 Å². The first-order chi connectivity index (χ1) is 6.20. The first kappa shape index (κ1) is 8.26. The highest BCUT2D eigenvalue weighted by molar-refractivity contribution is 6.65. The second-order valence-corrected chi connectivity index (χ2v) is 3.10. The SMILES string of the molecule is C=C1c2cccnc2N=C(Cl)N1C. The fourth-order valence-corrected chi connectivity index (χ4v) is 1.35. The van der Waals surface area contributed by atoms with Gasteiger partial charge < -0.3 is 4.90 Å². The number of aliphatic imine (C=N–C) groups is 1. The molecule has 2 heterocycles. The number of aromatic nitrogens is 1. The fourth-order valence-electron chi connectivity index (χ4n) is 1.17. The van der Waals surface area contributed by atoms with Gasteiger partial charge in [-0.05, 0) is 23.7 Å². The highest BCUT2D eigenvalue weighted by Crippen LogP contribution is 2.30. The van der Waals surface area contributed by atoms with Gasteiger partial charge >= 0.3 is 0 Å². The minimum Gasteiger partial charge on any atom is -0.320 e. The van der Waals surface area contributed by atoms with E-state index in [0.29, 0.717) is 11.1 Å². The first-order valence-electron chi connectivity index (χ1n) is 3.82. The van der Waals surface area contributed by atoms with Gasteiger partial charge in [-0.2, -0.15) is 4.99 Å². The standard InChI is InChI=1S/C9H8ClN3/c1-6-7-4-3-5-11-8(7)12-9(10)13(6)2/h3-5H,1H2,2H3. The molecule has 4 heteroatoms. The fraction of sp³-hybridized carbons (Fsp3) is 0.111. The van der Waals surface area contributed by atoms with Gasteiger partial charge in [-0.15, -0.1) is 0 Å². The summed E-state index contributed by atoms with van der Waals surface area (Å²) in [6.45, 7) is 3.91. The monoisotopic (exact) mass is 193 g/mol. The number of nitrogens with zero attached hydrogens (tertiary/aromatic N) is 3. The molecule has 66 valence electrons. The molecule has 1 aromatic rings. The summed E-state index contributed by atoms with van der Waals surface area (Å²) >= 11 is 5.86. The molecular weight excluding hydrogens is 186 g/mol. The third-order valence-corrected chi connectivity index (χ3v) is 2.32. The summed E-state index contributed by atoms with van der Waals surface area (Å²) in [5.41, 5.74) is 1.75. The van der Waals surface area contributed by atoms with E-state index >= 15 is 0 Å². The predicted octanol–water partition coefficient (Wildman–Crippen LogP) is 2.22. The Hall–Kier alpha value is -1.35. The maximum atomic E-state index is 5.86. The molecule has 0 unspecified atom stereocenters. The van der Waals surface area contributed by atoms with Crippen LogP contribution in [0.5, 0.6) is 0 Å². The summed E-state index contributed by atoms with van der Waals surface area (Å²) < 4.78 is 0. The van der Waals surface area contributed by atoms with Gasteiger partial charge in [-0.25, -0.2) is 4.98 Å². The van der Waals surface area contributed by atoms with Crippen LogP contribution in [-0.4, -0.2) is 22.2 Å². The lowest BCUT2D eigenvalue weighted by atomic mass is 10.2. The molecule has 0 atom stereocenters. The summed E-state index contributed by atoms with van der Waals surface area (Å²) in [4.78, 5) is 9.94. The van der Waals surface area contributed by atoms with Crippen LogP contribution in [0.2, 0.25) is 0 Å². The summed E-state index contributed by atoms with van der Waals surface area (Å²) in [5, 5.41) is 0.399. The van der Waals surface area contributed by atoms with Gasteiger partial charge in [0.1, 0.15) is 0 Å². The number of pyridine rings is 1. The van der Waals surface area contributed by atoms with Gasteiger partial charge in [0.15, 0.2) is 5.82 Å². The van der Waals surface area contributed by atoms with E-state index in [1.807, 2.05) is 19.2 Å². The first-order valence-corrected chi connectivity index (χ1v) is 4.20. The molecule has 1 aromatic heterocycles. The zero-order valence-electron chi connectivity index (χ0n) is 7.16. The number of amidine groups is 1. The van der Waals surface area contributed by atoms with Crippen molar-refractivity contribution in [2.24, 2.45) is 4.99 Å². The zero-order valence-corrected chi connectivity index (χ0v) is 7.91. The molecule has 2 rings (SSSR count). The summed E-state index contributed by atoms with van der Waals surface area (Å²) in [6.07, 6.45) is 1.69. The van der Waals surface area contributed by atoms with Crippen LogP contribution >= 0.6 is 11.6 Å².